The Balaban J connectivity index is 1.59. The van der Waals surface area contributed by atoms with Gasteiger partial charge in [-0.15, -0.1) is 11.3 Å². The van der Waals surface area contributed by atoms with Crippen LogP contribution in [-0.2, 0) is 4.79 Å². The Labute approximate surface area is 139 Å². The van der Waals surface area contributed by atoms with Gasteiger partial charge in [-0.3, -0.25) is 9.59 Å². The predicted molar refractivity (Wildman–Crippen MR) is 88.2 cm³/mol. The molecule has 23 heavy (non-hydrogen) atoms. The van der Waals surface area contributed by atoms with Crippen LogP contribution in [0.5, 0.6) is 0 Å². The summed E-state index contributed by atoms with van der Waals surface area (Å²) < 4.78 is 5.17. The molecule has 2 atom stereocenters. The van der Waals surface area contributed by atoms with Crippen molar-refractivity contribution in [2.45, 2.75) is 25.8 Å². The van der Waals surface area contributed by atoms with Crippen molar-refractivity contribution in [1.82, 2.24) is 10.2 Å². The number of nitrogens with one attached hydrogen (secondary N) is 1. The highest BCUT2D eigenvalue weighted by Gasteiger charge is 2.30. The number of amides is 2. The Bertz CT molecular complexity index is 651. The quantitative estimate of drug-likeness (QED) is 0.936. The lowest BCUT2D eigenvalue weighted by atomic mass is 9.96. The Hall–Kier alpha value is -2.08. The van der Waals surface area contributed by atoms with Gasteiger partial charge in [0.25, 0.3) is 5.91 Å². The number of rotatable bonds is 4. The van der Waals surface area contributed by atoms with Crippen molar-refractivity contribution in [3.8, 4) is 0 Å². The standard InChI is InChI=1S/C17H20N2O3S/c1-12(15-7-4-10-23-15)18-16(20)13-5-2-8-19(11-13)17(21)14-6-3-9-22-14/h3-4,6-7,9-10,12-13H,2,5,8,11H2,1H3,(H,18,20)/t12-,13-/m0/s1. The first-order valence-corrected chi connectivity index (χ1v) is 8.69. The van der Waals surface area contributed by atoms with Crippen LogP contribution in [0.3, 0.4) is 0 Å². The number of hydrogen-bond donors (Lipinski definition) is 1. The fourth-order valence-electron chi connectivity index (χ4n) is 2.87. The zero-order valence-corrected chi connectivity index (χ0v) is 13.8. The third kappa shape index (κ3) is 3.64. The van der Waals surface area contributed by atoms with E-state index in [0.29, 0.717) is 18.8 Å². The molecule has 5 nitrogen and oxygen atoms in total. The van der Waals surface area contributed by atoms with Crippen LogP contribution >= 0.6 is 11.3 Å². The second-order valence-corrected chi connectivity index (χ2v) is 6.79. The molecule has 3 heterocycles. The van der Waals surface area contributed by atoms with Gasteiger partial charge < -0.3 is 14.6 Å². The molecule has 0 aromatic carbocycles. The van der Waals surface area contributed by atoms with Crippen LogP contribution in [0.25, 0.3) is 0 Å². The average molecular weight is 332 g/mol. The van der Waals surface area contributed by atoms with E-state index in [4.69, 9.17) is 4.42 Å². The van der Waals surface area contributed by atoms with Crippen molar-refractivity contribution < 1.29 is 14.0 Å². The molecule has 2 aromatic heterocycles. The van der Waals surface area contributed by atoms with E-state index in [0.717, 1.165) is 17.7 Å². The highest BCUT2D eigenvalue weighted by atomic mass is 32.1. The molecule has 0 saturated carbocycles. The third-order valence-corrected chi connectivity index (χ3v) is 5.20. The zero-order chi connectivity index (χ0) is 16.2. The maximum atomic E-state index is 12.5. The van der Waals surface area contributed by atoms with E-state index in [1.165, 1.54) is 6.26 Å². The lowest BCUT2D eigenvalue weighted by Crippen LogP contribution is -2.45. The molecule has 6 heteroatoms. The summed E-state index contributed by atoms with van der Waals surface area (Å²) in [6.45, 7) is 3.10. The van der Waals surface area contributed by atoms with Crippen molar-refractivity contribution >= 4 is 23.2 Å². The summed E-state index contributed by atoms with van der Waals surface area (Å²) >= 11 is 1.63. The van der Waals surface area contributed by atoms with E-state index >= 15 is 0 Å². The van der Waals surface area contributed by atoms with Crippen molar-refractivity contribution in [3.63, 3.8) is 0 Å². The monoisotopic (exact) mass is 332 g/mol. The summed E-state index contributed by atoms with van der Waals surface area (Å²) in [5.41, 5.74) is 0. The van der Waals surface area contributed by atoms with Gasteiger partial charge in [0.1, 0.15) is 0 Å². The van der Waals surface area contributed by atoms with Crippen LogP contribution in [-0.4, -0.2) is 29.8 Å². The van der Waals surface area contributed by atoms with Gasteiger partial charge in [0.05, 0.1) is 18.2 Å². The molecule has 1 fully saturated rings. The van der Waals surface area contributed by atoms with Crippen LogP contribution in [0, 0.1) is 5.92 Å². The van der Waals surface area contributed by atoms with Gasteiger partial charge in [-0.25, -0.2) is 0 Å². The molecule has 1 N–H and O–H groups in total. The molecule has 0 unspecified atom stereocenters. The Morgan fingerprint density at radius 1 is 1.39 bits per heavy atom. The molecule has 122 valence electrons. The molecule has 0 bridgehead atoms. The highest BCUT2D eigenvalue weighted by Crippen LogP contribution is 2.22. The second-order valence-electron chi connectivity index (χ2n) is 5.81. The van der Waals surface area contributed by atoms with Gasteiger partial charge in [0.15, 0.2) is 5.76 Å². The minimum atomic E-state index is -0.162. The van der Waals surface area contributed by atoms with Crippen LogP contribution < -0.4 is 5.32 Å². The number of carbonyl (C=O) groups excluding carboxylic acids is 2. The Morgan fingerprint density at radius 3 is 2.96 bits per heavy atom. The fourth-order valence-corrected chi connectivity index (χ4v) is 3.61. The van der Waals surface area contributed by atoms with E-state index in [-0.39, 0.29) is 23.8 Å². The highest BCUT2D eigenvalue weighted by molar-refractivity contribution is 7.10. The van der Waals surface area contributed by atoms with Gasteiger partial charge in [-0.05, 0) is 43.3 Å². The van der Waals surface area contributed by atoms with Gasteiger partial charge >= 0.3 is 0 Å². The van der Waals surface area contributed by atoms with Crippen LogP contribution in [0.2, 0.25) is 0 Å². The number of carbonyl (C=O) groups is 2. The molecule has 1 aliphatic heterocycles. The summed E-state index contributed by atoms with van der Waals surface area (Å²) in [6.07, 6.45) is 3.13. The van der Waals surface area contributed by atoms with Crippen molar-refractivity contribution in [2.24, 2.45) is 5.92 Å². The van der Waals surface area contributed by atoms with E-state index in [2.05, 4.69) is 5.32 Å². The van der Waals surface area contributed by atoms with Crippen molar-refractivity contribution in [2.75, 3.05) is 13.1 Å². The second kappa shape index (κ2) is 7.00. The van der Waals surface area contributed by atoms with Crippen molar-refractivity contribution in [1.29, 1.82) is 0 Å². The minimum absolute atomic E-state index is 0.00125. The molecule has 3 rings (SSSR count). The smallest absolute Gasteiger partial charge is 0.289 e. The zero-order valence-electron chi connectivity index (χ0n) is 13.0. The number of likely N-dealkylation sites (tertiary alicyclic amines) is 1. The summed E-state index contributed by atoms with van der Waals surface area (Å²) in [5, 5.41) is 5.06. The maximum absolute atomic E-state index is 12.5. The largest absolute Gasteiger partial charge is 0.459 e. The maximum Gasteiger partial charge on any atom is 0.289 e. The van der Waals surface area contributed by atoms with Crippen LogP contribution in [0.4, 0.5) is 0 Å². The Morgan fingerprint density at radius 2 is 2.26 bits per heavy atom. The summed E-state index contributed by atoms with van der Waals surface area (Å²) in [6, 6.07) is 7.35. The molecule has 0 radical (unpaired) electrons. The normalized spacial score (nSPS) is 19.3. The third-order valence-electron chi connectivity index (χ3n) is 4.14. The van der Waals surface area contributed by atoms with E-state index in [1.54, 1.807) is 28.4 Å². The molecule has 0 aliphatic carbocycles. The van der Waals surface area contributed by atoms with Gasteiger partial charge in [-0.1, -0.05) is 6.07 Å². The SMILES string of the molecule is C[C@H](NC(=O)[C@H]1CCCN(C(=O)c2ccco2)C1)c1cccs1. The first-order valence-electron chi connectivity index (χ1n) is 7.81. The van der Waals surface area contributed by atoms with Crippen LogP contribution in [0.15, 0.2) is 40.3 Å². The number of hydrogen-bond acceptors (Lipinski definition) is 4. The summed E-state index contributed by atoms with van der Waals surface area (Å²) in [5.74, 6) is 0.0461. The predicted octanol–water partition coefficient (Wildman–Crippen LogP) is 3.07. The van der Waals surface area contributed by atoms with Gasteiger partial charge in [0.2, 0.25) is 5.91 Å². The molecule has 1 saturated heterocycles. The first-order chi connectivity index (χ1) is 11.1. The summed E-state index contributed by atoms with van der Waals surface area (Å²) in [7, 11) is 0. The molecule has 2 amide bonds. The van der Waals surface area contributed by atoms with Crippen LogP contribution in [0.1, 0.15) is 41.2 Å². The molecular weight excluding hydrogens is 312 g/mol. The molecule has 2 aromatic rings. The lowest BCUT2D eigenvalue weighted by Gasteiger charge is -2.32. The molecule has 0 spiro atoms. The summed E-state index contributed by atoms with van der Waals surface area (Å²) in [4.78, 5) is 27.7. The fraction of sp³-hybridized carbons (Fsp3) is 0.412. The number of thiophene rings is 1. The number of furan rings is 1. The van der Waals surface area contributed by atoms with Gasteiger partial charge in [0, 0.05) is 18.0 Å². The molecule has 1 aliphatic rings. The van der Waals surface area contributed by atoms with Crippen molar-refractivity contribution in [3.05, 3.63) is 46.5 Å². The van der Waals surface area contributed by atoms with E-state index < -0.39 is 0 Å². The number of piperidine rings is 1. The minimum Gasteiger partial charge on any atom is -0.459 e. The van der Waals surface area contributed by atoms with Gasteiger partial charge in [-0.2, -0.15) is 0 Å². The van der Waals surface area contributed by atoms with E-state index in [9.17, 15) is 9.59 Å². The first kappa shape index (κ1) is 15.8. The van der Waals surface area contributed by atoms with E-state index in [1.807, 2.05) is 24.4 Å². The molecular formula is C17H20N2O3S. The number of nitrogens with zero attached hydrogens (tertiary/aromatic N) is 1. The topological polar surface area (TPSA) is 62.6 Å². The average Bonchev–Trinajstić information content (AvgIpc) is 3.27. The Kier molecular flexibility index (Phi) is 4.81. The lowest BCUT2D eigenvalue weighted by molar-refractivity contribution is -0.127.